The van der Waals surface area contributed by atoms with Crippen molar-refractivity contribution in [2.75, 3.05) is 36.8 Å². The summed E-state index contributed by atoms with van der Waals surface area (Å²) in [5.41, 5.74) is 7.67. The Morgan fingerprint density at radius 3 is 2.24 bits per heavy atom. The number of anilines is 2. The predicted molar refractivity (Wildman–Crippen MR) is 144 cm³/mol. The van der Waals surface area contributed by atoms with Crippen molar-refractivity contribution >= 4 is 34.0 Å². The van der Waals surface area contributed by atoms with E-state index in [1.807, 2.05) is 36.4 Å². The molecular weight excluding hydrogens is 472 g/mol. The van der Waals surface area contributed by atoms with Gasteiger partial charge in [-0.2, -0.15) is 0 Å². The first-order valence-electron chi connectivity index (χ1n) is 12.4. The first-order valence-corrected chi connectivity index (χ1v) is 12.4. The number of carboxylic acids is 1. The van der Waals surface area contributed by atoms with Gasteiger partial charge in [-0.15, -0.1) is 0 Å². The van der Waals surface area contributed by atoms with Gasteiger partial charge >= 0.3 is 0 Å². The second kappa shape index (κ2) is 10.3. The maximum absolute atomic E-state index is 12.3. The number of nitrogen functional groups attached to an aromatic ring is 1. The summed E-state index contributed by atoms with van der Waals surface area (Å²) in [5.74, 6) is -1.03. The number of rotatable bonds is 8. The SMILES string of the molecule is CCN(CC)c1ccc2c(-c3ccc([N+](=O)[O-])c(N)c3C(=O)[O-])c3ccc(=[N+](CC)CC)cc-3oc2c1. The number of nitro groups is 1. The molecule has 4 rings (SSSR count). The van der Waals surface area contributed by atoms with Crippen molar-refractivity contribution in [2.45, 2.75) is 27.7 Å². The van der Waals surface area contributed by atoms with Gasteiger partial charge in [-0.1, -0.05) is 0 Å². The number of benzene rings is 3. The first kappa shape index (κ1) is 25.7. The molecule has 192 valence electrons. The van der Waals surface area contributed by atoms with Gasteiger partial charge in [0.2, 0.25) is 5.36 Å². The van der Waals surface area contributed by atoms with E-state index in [9.17, 15) is 20.0 Å². The molecule has 0 saturated heterocycles. The molecule has 2 aromatic carbocycles. The maximum Gasteiger partial charge on any atom is 0.292 e. The van der Waals surface area contributed by atoms with E-state index in [0.29, 0.717) is 27.9 Å². The number of hydrogen-bond donors (Lipinski definition) is 1. The number of carbonyl (C=O) groups excluding carboxylic acids is 1. The molecule has 0 aromatic heterocycles. The third kappa shape index (κ3) is 4.48. The van der Waals surface area contributed by atoms with E-state index in [0.717, 1.165) is 37.2 Å². The van der Waals surface area contributed by atoms with E-state index >= 15 is 0 Å². The molecule has 0 spiro atoms. The summed E-state index contributed by atoms with van der Waals surface area (Å²) in [6.07, 6.45) is 0. The maximum atomic E-state index is 12.3. The number of aromatic carboxylic acids is 1. The van der Waals surface area contributed by atoms with Crippen LogP contribution < -0.4 is 25.7 Å². The zero-order valence-electron chi connectivity index (χ0n) is 21.4. The van der Waals surface area contributed by atoms with Crippen molar-refractivity contribution in [3.8, 4) is 22.5 Å². The molecule has 2 N–H and O–H groups in total. The Morgan fingerprint density at radius 2 is 1.65 bits per heavy atom. The van der Waals surface area contributed by atoms with Gasteiger partial charge < -0.3 is 25.0 Å². The lowest BCUT2D eigenvalue weighted by molar-refractivity contribution is -0.384. The molecule has 37 heavy (non-hydrogen) atoms. The van der Waals surface area contributed by atoms with Crippen molar-refractivity contribution in [1.82, 2.24) is 4.58 Å². The molecule has 2 aromatic rings. The highest BCUT2D eigenvalue weighted by molar-refractivity contribution is 6.10. The lowest BCUT2D eigenvalue weighted by Crippen LogP contribution is -2.29. The topological polar surface area (TPSA) is 129 Å². The van der Waals surface area contributed by atoms with Crippen molar-refractivity contribution in [3.63, 3.8) is 0 Å². The largest absolute Gasteiger partial charge is 0.545 e. The van der Waals surface area contributed by atoms with Crippen LogP contribution in [0.25, 0.3) is 33.4 Å². The summed E-state index contributed by atoms with van der Waals surface area (Å²) in [4.78, 5) is 25.2. The van der Waals surface area contributed by atoms with E-state index in [1.165, 1.54) is 12.1 Å². The number of nitrogens with two attached hydrogens (primary N) is 1. The van der Waals surface area contributed by atoms with Crippen LogP contribution in [0.5, 0.6) is 0 Å². The summed E-state index contributed by atoms with van der Waals surface area (Å²) in [7, 11) is 0. The van der Waals surface area contributed by atoms with Gasteiger partial charge in [-0.25, -0.2) is 4.58 Å². The second-order valence-electron chi connectivity index (χ2n) is 8.65. The van der Waals surface area contributed by atoms with Gasteiger partial charge in [-0.3, -0.25) is 10.1 Å². The summed E-state index contributed by atoms with van der Waals surface area (Å²) < 4.78 is 8.59. The Labute approximate surface area is 214 Å². The minimum absolute atomic E-state index is 0.236. The van der Waals surface area contributed by atoms with Crippen molar-refractivity contribution in [1.29, 1.82) is 0 Å². The van der Waals surface area contributed by atoms with Gasteiger partial charge in [0.15, 0.2) is 0 Å². The van der Waals surface area contributed by atoms with Crippen molar-refractivity contribution < 1.29 is 19.2 Å². The van der Waals surface area contributed by atoms with Crippen LogP contribution in [-0.2, 0) is 0 Å². The Kier molecular flexibility index (Phi) is 7.15. The molecule has 0 bridgehead atoms. The number of hydrogen-bond acceptors (Lipinski definition) is 7. The van der Waals surface area contributed by atoms with Gasteiger partial charge in [0.05, 0.1) is 17.0 Å². The van der Waals surface area contributed by atoms with Gasteiger partial charge in [-0.05, 0) is 57.5 Å². The number of carboxylic acid groups (broad SMARTS) is 1. The molecule has 0 unspecified atom stereocenters. The smallest absolute Gasteiger partial charge is 0.292 e. The number of carbonyl (C=O) groups is 1. The molecule has 0 saturated carbocycles. The van der Waals surface area contributed by atoms with E-state index < -0.39 is 27.8 Å². The van der Waals surface area contributed by atoms with Crippen LogP contribution in [0.1, 0.15) is 38.1 Å². The quantitative estimate of drug-likeness (QED) is 0.128. The lowest BCUT2D eigenvalue weighted by Gasteiger charge is -2.23. The molecule has 0 radical (unpaired) electrons. The van der Waals surface area contributed by atoms with Crippen LogP contribution in [0.15, 0.2) is 52.9 Å². The molecule has 2 aliphatic rings. The second-order valence-corrected chi connectivity index (χ2v) is 8.65. The van der Waals surface area contributed by atoms with Crippen molar-refractivity contribution in [3.05, 3.63) is 69.6 Å². The Morgan fingerprint density at radius 1 is 0.973 bits per heavy atom. The highest BCUT2D eigenvalue weighted by Gasteiger charge is 2.25. The highest BCUT2D eigenvalue weighted by Crippen LogP contribution is 2.44. The van der Waals surface area contributed by atoms with E-state index in [4.69, 9.17) is 10.2 Å². The zero-order valence-corrected chi connectivity index (χ0v) is 21.4. The monoisotopic (exact) mass is 502 g/mol. The minimum Gasteiger partial charge on any atom is -0.545 e. The molecule has 0 fully saturated rings. The van der Waals surface area contributed by atoms with Crippen LogP contribution in [-0.4, -0.2) is 37.1 Å². The van der Waals surface area contributed by atoms with E-state index in [2.05, 4.69) is 37.2 Å². The van der Waals surface area contributed by atoms with Crippen molar-refractivity contribution in [2.24, 2.45) is 0 Å². The molecule has 9 heteroatoms. The van der Waals surface area contributed by atoms with Crippen LogP contribution >= 0.6 is 0 Å². The van der Waals surface area contributed by atoms with Gasteiger partial charge in [0.25, 0.3) is 5.69 Å². The van der Waals surface area contributed by atoms with Crippen LogP contribution in [0.3, 0.4) is 0 Å². The first-order chi connectivity index (χ1) is 17.7. The normalized spacial score (nSPS) is 11.1. The zero-order chi connectivity index (χ0) is 26.9. The molecular formula is C28H30N4O5. The van der Waals surface area contributed by atoms with E-state index in [1.54, 1.807) is 0 Å². The standard InChI is InChI=1S/C28H30N4O5/c1-5-30(6-2)17-9-11-19-23(15-17)37-24-16-18(31(7-3)8-4)10-12-20(24)25(19)21-13-14-22(32(35)36)27(29)26(21)28(33)34/h9-16H,5-8,29H2,1-4H3. The number of nitrogens with zero attached hydrogens (tertiary/aromatic N) is 3. The van der Waals surface area contributed by atoms with Crippen LogP contribution in [0.4, 0.5) is 17.1 Å². The number of nitro benzene ring substituents is 1. The summed E-state index contributed by atoms with van der Waals surface area (Å²) >= 11 is 0. The minimum atomic E-state index is -1.59. The molecule has 1 heterocycles. The molecule has 0 amide bonds. The predicted octanol–water partition coefficient (Wildman–Crippen LogP) is 3.72. The Balaban J connectivity index is 2.18. The fourth-order valence-corrected chi connectivity index (χ4v) is 4.92. The van der Waals surface area contributed by atoms with Crippen LogP contribution in [0.2, 0.25) is 0 Å². The average Bonchev–Trinajstić information content (AvgIpc) is 2.88. The van der Waals surface area contributed by atoms with Gasteiger partial charge in [0.1, 0.15) is 30.1 Å². The van der Waals surface area contributed by atoms with Gasteiger partial charge in [0, 0.05) is 59.1 Å². The summed E-state index contributed by atoms with van der Waals surface area (Å²) in [6.45, 7) is 11.5. The Bertz CT molecular complexity index is 1550. The molecule has 1 aliphatic carbocycles. The number of fused-ring (bicyclic) bond motifs is 2. The van der Waals surface area contributed by atoms with E-state index in [-0.39, 0.29) is 5.56 Å². The Hall–Kier alpha value is -4.40. The molecule has 0 atom stereocenters. The summed E-state index contributed by atoms with van der Waals surface area (Å²) in [5, 5.41) is 25.4. The van der Waals surface area contributed by atoms with Crippen LogP contribution in [0, 0.1) is 10.1 Å². The highest BCUT2D eigenvalue weighted by atomic mass is 16.6. The fraction of sp³-hybridized carbons (Fsp3) is 0.286. The third-order valence-electron chi connectivity index (χ3n) is 6.84. The fourth-order valence-electron chi connectivity index (χ4n) is 4.92. The average molecular weight is 503 g/mol. The summed E-state index contributed by atoms with van der Waals surface area (Å²) in [6, 6.07) is 14.2. The third-order valence-corrected chi connectivity index (χ3v) is 6.84. The molecule has 9 nitrogen and oxygen atoms in total. The lowest BCUT2D eigenvalue weighted by atomic mass is 9.89. The molecule has 1 aliphatic heterocycles.